The average molecular weight is 420 g/mol. The molecule has 0 fully saturated rings. The van der Waals surface area contributed by atoms with Gasteiger partial charge in [-0.05, 0) is 28.3 Å². The van der Waals surface area contributed by atoms with Crippen LogP contribution in [0.1, 0.15) is 18.2 Å². The second-order valence-electron chi connectivity index (χ2n) is 6.05. The van der Waals surface area contributed by atoms with E-state index < -0.39 is 15.8 Å². The minimum absolute atomic E-state index is 0.312. The summed E-state index contributed by atoms with van der Waals surface area (Å²) in [6.07, 6.45) is 3.34. The van der Waals surface area contributed by atoms with Gasteiger partial charge in [0.25, 0.3) is 11.4 Å². The molecule has 1 aliphatic heterocycles. The molecule has 1 aromatic heterocycles. The molecular weight excluding hydrogens is 402 g/mol. The Hall–Kier alpha value is -2.52. The van der Waals surface area contributed by atoms with Crippen molar-refractivity contribution >= 4 is 38.8 Å². The number of nitrogens with zero attached hydrogens (tertiary/aromatic N) is 2. The Balaban J connectivity index is 0.000000330. The maximum absolute atomic E-state index is 11.3. The van der Waals surface area contributed by atoms with Crippen molar-refractivity contribution in [2.75, 3.05) is 5.75 Å². The van der Waals surface area contributed by atoms with Crippen LogP contribution in [0, 0.1) is 0 Å². The first-order chi connectivity index (χ1) is 13.2. The fourth-order valence-corrected chi connectivity index (χ4v) is 2.95. The fraction of sp³-hybridized carbons (Fsp3) is 0.158. The van der Waals surface area contributed by atoms with E-state index in [1.807, 2.05) is 36.5 Å². The number of nitrogens with one attached hydrogen (secondary N) is 1. The lowest BCUT2D eigenvalue weighted by Gasteiger charge is -2.28. The van der Waals surface area contributed by atoms with Gasteiger partial charge in [0.15, 0.2) is 6.34 Å². The molecule has 28 heavy (non-hydrogen) atoms. The molecule has 3 aromatic rings. The van der Waals surface area contributed by atoms with E-state index in [-0.39, 0.29) is 5.75 Å². The lowest BCUT2D eigenvalue weighted by molar-refractivity contribution is -0.693. The highest BCUT2D eigenvalue weighted by Crippen LogP contribution is 2.31. The highest BCUT2D eigenvalue weighted by atomic mass is 35.5. The minimum Gasteiger partial charge on any atom is -0.748 e. The van der Waals surface area contributed by atoms with E-state index in [2.05, 4.69) is 10.4 Å². The third kappa shape index (κ3) is 4.15. The zero-order valence-corrected chi connectivity index (χ0v) is 16.5. The summed E-state index contributed by atoms with van der Waals surface area (Å²) >= 11 is 5.96. The molecule has 1 atom stereocenters. The number of benzene rings is 2. The van der Waals surface area contributed by atoms with Gasteiger partial charge >= 0.3 is 0 Å². The largest absolute Gasteiger partial charge is 0.748 e. The topological polar surface area (TPSA) is 106 Å². The van der Waals surface area contributed by atoms with Crippen LogP contribution in [0.15, 0.2) is 65.9 Å². The second kappa shape index (κ2) is 7.84. The van der Waals surface area contributed by atoms with E-state index in [4.69, 9.17) is 11.6 Å². The number of pyridine rings is 1. The van der Waals surface area contributed by atoms with Crippen molar-refractivity contribution in [3.05, 3.63) is 77.1 Å². The molecule has 0 saturated carbocycles. The zero-order valence-electron chi connectivity index (χ0n) is 14.9. The SMILES string of the molecule is CCS(=O)(=O)[O-].OC1(c2ccc(Cl)cc2)NC=N[n+]2ccc3ccccc3c21. The summed E-state index contributed by atoms with van der Waals surface area (Å²) in [5, 5.41) is 21.2. The third-order valence-corrected chi connectivity index (χ3v) is 5.21. The summed E-state index contributed by atoms with van der Waals surface area (Å²) in [6, 6.07) is 17.0. The maximum atomic E-state index is 11.3. The Kier molecular flexibility index (Phi) is 5.66. The summed E-state index contributed by atoms with van der Waals surface area (Å²) < 4.78 is 30.0. The number of halogens is 1. The van der Waals surface area contributed by atoms with Crippen LogP contribution >= 0.6 is 11.6 Å². The summed E-state index contributed by atoms with van der Waals surface area (Å²) in [6.45, 7) is 1.31. The number of rotatable bonds is 2. The van der Waals surface area contributed by atoms with Crippen LogP contribution in [0.25, 0.3) is 10.8 Å². The molecule has 1 aliphatic rings. The molecule has 0 radical (unpaired) electrons. The number of fused-ring (bicyclic) bond motifs is 3. The van der Waals surface area contributed by atoms with Gasteiger partial charge in [-0.15, -0.1) is 0 Å². The molecule has 7 nitrogen and oxygen atoms in total. The molecule has 0 amide bonds. The van der Waals surface area contributed by atoms with Crippen LogP contribution in [0.3, 0.4) is 0 Å². The molecule has 4 rings (SSSR count). The van der Waals surface area contributed by atoms with Crippen LogP contribution in [0.4, 0.5) is 0 Å². The number of aromatic nitrogens is 1. The van der Waals surface area contributed by atoms with Crippen molar-refractivity contribution in [3.63, 3.8) is 0 Å². The van der Waals surface area contributed by atoms with Gasteiger partial charge in [-0.2, -0.15) is 0 Å². The fourth-order valence-electron chi connectivity index (χ4n) is 2.83. The standard InChI is InChI=1S/C17H13ClN3O.C2H6O3S/c18-14-7-5-13(6-8-14)17(22)16-15-4-2-1-3-12(15)9-10-21(16)20-11-19-17;1-2-6(3,4)5/h1-11,22H,(H,19,20);2H2,1H3,(H,3,4,5)/q+1;/p-1. The van der Waals surface area contributed by atoms with E-state index in [1.165, 1.54) is 13.3 Å². The second-order valence-corrected chi connectivity index (χ2v) is 8.18. The van der Waals surface area contributed by atoms with Crippen molar-refractivity contribution in [2.45, 2.75) is 12.6 Å². The van der Waals surface area contributed by atoms with Gasteiger partial charge in [0.2, 0.25) is 6.20 Å². The first-order valence-corrected chi connectivity index (χ1v) is 10.4. The lowest BCUT2D eigenvalue weighted by atomic mass is 9.94. The molecule has 9 heteroatoms. The van der Waals surface area contributed by atoms with Crippen LogP contribution in [-0.4, -0.2) is 30.2 Å². The first kappa shape index (κ1) is 20.2. The predicted molar refractivity (Wildman–Crippen MR) is 106 cm³/mol. The van der Waals surface area contributed by atoms with Gasteiger partial charge in [-0.25, -0.2) is 8.42 Å². The summed E-state index contributed by atoms with van der Waals surface area (Å²) in [5.41, 5.74) is 0.0105. The smallest absolute Gasteiger partial charge is 0.279 e. The van der Waals surface area contributed by atoms with E-state index in [9.17, 15) is 18.1 Å². The van der Waals surface area contributed by atoms with Crippen molar-refractivity contribution in [1.82, 2.24) is 5.32 Å². The van der Waals surface area contributed by atoms with Crippen LogP contribution in [0.5, 0.6) is 0 Å². The molecule has 0 bridgehead atoms. The molecule has 0 aliphatic carbocycles. The lowest BCUT2D eigenvalue weighted by Crippen LogP contribution is -2.55. The molecule has 2 aromatic carbocycles. The van der Waals surface area contributed by atoms with E-state index in [0.717, 1.165) is 10.8 Å². The Morgan fingerprint density at radius 3 is 2.46 bits per heavy atom. The normalized spacial score (nSPS) is 18.0. The van der Waals surface area contributed by atoms with E-state index in [0.29, 0.717) is 16.3 Å². The molecule has 2 heterocycles. The van der Waals surface area contributed by atoms with Gasteiger partial charge in [-0.1, -0.05) is 48.9 Å². The van der Waals surface area contributed by atoms with Crippen molar-refractivity contribution in [3.8, 4) is 0 Å². The van der Waals surface area contributed by atoms with E-state index >= 15 is 0 Å². The highest BCUT2D eigenvalue weighted by Gasteiger charge is 2.43. The first-order valence-electron chi connectivity index (χ1n) is 8.41. The van der Waals surface area contributed by atoms with Crippen molar-refractivity contribution in [1.29, 1.82) is 0 Å². The zero-order chi connectivity index (χ0) is 20.4. The van der Waals surface area contributed by atoms with Gasteiger partial charge in [-0.3, -0.25) is 0 Å². The minimum atomic E-state index is -3.91. The van der Waals surface area contributed by atoms with Gasteiger partial charge in [0.1, 0.15) is 0 Å². The Bertz CT molecular complexity index is 1130. The number of hydrogen-bond donors (Lipinski definition) is 2. The Morgan fingerprint density at radius 1 is 1.18 bits per heavy atom. The van der Waals surface area contributed by atoms with Crippen LogP contribution < -0.4 is 9.99 Å². The van der Waals surface area contributed by atoms with Gasteiger partial charge < -0.3 is 15.0 Å². The molecule has 2 N–H and O–H groups in total. The summed E-state index contributed by atoms with van der Waals surface area (Å²) in [4.78, 5) is 0. The maximum Gasteiger partial charge on any atom is 0.279 e. The summed E-state index contributed by atoms with van der Waals surface area (Å²) in [5.74, 6) is -0.312. The van der Waals surface area contributed by atoms with Crippen LogP contribution in [0.2, 0.25) is 5.02 Å². The van der Waals surface area contributed by atoms with E-state index in [1.54, 1.807) is 28.9 Å². The Morgan fingerprint density at radius 2 is 1.82 bits per heavy atom. The molecule has 1 unspecified atom stereocenters. The number of hydrogen-bond acceptors (Lipinski definition) is 6. The summed E-state index contributed by atoms with van der Waals surface area (Å²) in [7, 11) is -3.91. The molecule has 0 spiro atoms. The number of aliphatic hydroxyl groups is 1. The molecule has 146 valence electrons. The quantitative estimate of drug-likeness (QED) is 0.487. The molecule has 0 saturated heterocycles. The predicted octanol–water partition coefficient (Wildman–Crippen LogP) is 1.92. The van der Waals surface area contributed by atoms with Crippen molar-refractivity contribution in [2.24, 2.45) is 5.10 Å². The van der Waals surface area contributed by atoms with Crippen molar-refractivity contribution < 1.29 is 22.8 Å². The monoisotopic (exact) mass is 419 g/mol. The Labute approximate surface area is 167 Å². The van der Waals surface area contributed by atoms with Gasteiger partial charge in [0, 0.05) is 27.5 Å². The average Bonchev–Trinajstić information content (AvgIpc) is 2.68. The highest BCUT2D eigenvalue weighted by molar-refractivity contribution is 7.85. The third-order valence-electron chi connectivity index (χ3n) is 4.25. The van der Waals surface area contributed by atoms with Gasteiger partial charge in [0.05, 0.1) is 15.5 Å². The van der Waals surface area contributed by atoms with Crippen LogP contribution in [-0.2, 0) is 15.8 Å². The molecular formula is C19H18ClN3O4S.